The molecule has 2 N–H and O–H groups in total. The van der Waals surface area contributed by atoms with Gasteiger partial charge in [0.2, 0.25) is 0 Å². The van der Waals surface area contributed by atoms with Crippen molar-refractivity contribution in [2.24, 2.45) is 11.3 Å². The zero-order valence-electron chi connectivity index (χ0n) is 9.05. The Morgan fingerprint density at radius 1 is 1.46 bits per heavy atom. The van der Waals surface area contributed by atoms with Gasteiger partial charge < -0.3 is 10.4 Å². The van der Waals surface area contributed by atoms with Crippen molar-refractivity contribution in [1.82, 2.24) is 5.32 Å². The molecule has 0 saturated heterocycles. The summed E-state index contributed by atoms with van der Waals surface area (Å²) in [7, 11) is 0. The number of hydrogen-bond acceptors (Lipinski definition) is 2. The van der Waals surface area contributed by atoms with Crippen molar-refractivity contribution in [3.8, 4) is 0 Å². The van der Waals surface area contributed by atoms with Crippen LogP contribution in [-0.2, 0) is 4.79 Å². The van der Waals surface area contributed by atoms with Crippen LogP contribution in [0.3, 0.4) is 0 Å². The molecular weight excluding hydrogens is 166 g/mol. The van der Waals surface area contributed by atoms with Crippen LogP contribution in [0.15, 0.2) is 0 Å². The molecule has 0 aromatic heterocycles. The van der Waals surface area contributed by atoms with Crippen molar-refractivity contribution in [2.45, 2.75) is 34.1 Å². The van der Waals surface area contributed by atoms with E-state index in [0.29, 0.717) is 6.42 Å². The van der Waals surface area contributed by atoms with Gasteiger partial charge >= 0.3 is 5.97 Å². The molecule has 13 heavy (non-hydrogen) atoms. The van der Waals surface area contributed by atoms with Crippen LogP contribution >= 0.6 is 0 Å². The van der Waals surface area contributed by atoms with Gasteiger partial charge in [0.15, 0.2) is 0 Å². The minimum absolute atomic E-state index is 0.243. The fourth-order valence-electron chi connectivity index (χ4n) is 0.905. The molecule has 0 aromatic carbocycles. The maximum Gasteiger partial charge on any atom is 0.306 e. The summed E-state index contributed by atoms with van der Waals surface area (Å²) in [6.07, 6.45) is 0.700. The van der Waals surface area contributed by atoms with E-state index in [1.54, 1.807) is 6.92 Å². The molecule has 3 heteroatoms. The Hall–Kier alpha value is -0.570. The van der Waals surface area contributed by atoms with Crippen molar-refractivity contribution in [3.63, 3.8) is 0 Å². The summed E-state index contributed by atoms with van der Waals surface area (Å²) in [5.41, 5.74) is 0.270. The Balaban J connectivity index is 3.41. The van der Waals surface area contributed by atoms with Gasteiger partial charge in [0.25, 0.3) is 0 Å². The zero-order chi connectivity index (χ0) is 10.5. The highest BCUT2D eigenvalue weighted by Gasteiger charge is 2.12. The number of carbonyl (C=O) groups is 1. The fourth-order valence-corrected chi connectivity index (χ4v) is 0.905. The molecule has 0 bridgehead atoms. The van der Waals surface area contributed by atoms with Gasteiger partial charge in [-0.2, -0.15) is 0 Å². The molecule has 0 aliphatic rings. The van der Waals surface area contributed by atoms with E-state index in [0.717, 1.165) is 13.1 Å². The summed E-state index contributed by atoms with van der Waals surface area (Å²) in [6.45, 7) is 9.91. The highest BCUT2D eigenvalue weighted by molar-refractivity contribution is 5.69. The average Bonchev–Trinajstić information content (AvgIpc) is 1.95. The quantitative estimate of drug-likeness (QED) is 0.644. The lowest BCUT2D eigenvalue weighted by Crippen LogP contribution is -2.29. The highest BCUT2D eigenvalue weighted by Crippen LogP contribution is 2.10. The second kappa shape index (κ2) is 5.22. The fraction of sp³-hybridized carbons (Fsp3) is 0.900. The Labute approximate surface area is 80.5 Å². The van der Waals surface area contributed by atoms with Gasteiger partial charge in [-0.25, -0.2) is 0 Å². The van der Waals surface area contributed by atoms with E-state index < -0.39 is 5.97 Å². The van der Waals surface area contributed by atoms with Crippen molar-refractivity contribution < 1.29 is 9.90 Å². The zero-order valence-corrected chi connectivity index (χ0v) is 9.05. The standard InChI is InChI=1S/C10H21NO2/c1-8(9(12)13)5-6-11-7-10(2,3)4/h8,11H,5-7H2,1-4H3,(H,12,13). The van der Waals surface area contributed by atoms with E-state index in [1.807, 2.05) is 0 Å². The Morgan fingerprint density at radius 3 is 2.38 bits per heavy atom. The van der Waals surface area contributed by atoms with E-state index in [1.165, 1.54) is 0 Å². The Kier molecular flexibility index (Phi) is 4.99. The van der Waals surface area contributed by atoms with Crippen LogP contribution in [0.4, 0.5) is 0 Å². The molecule has 0 aliphatic heterocycles. The molecule has 0 aliphatic carbocycles. The second-order valence-electron chi connectivity index (χ2n) is 4.77. The Morgan fingerprint density at radius 2 is 2.00 bits per heavy atom. The predicted octanol–water partition coefficient (Wildman–Crippen LogP) is 1.73. The largest absolute Gasteiger partial charge is 0.481 e. The monoisotopic (exact) mass is 187 g/mol. The molecule has 0 rings (SSSR count). The van der Waals surface area contributed by atoms with Gasteiger partial charge in [-0.05, 0) is 24.9 Å². The van der Waals surface area contributed by atoms with Crippen LogP contribution in [0.25, 0.3) is 0 Å². The topological polar surface area (TPSA) is 49.3 Å². The summed E-state index contributed by atoms with van der Waals surface area (Å²) in [5, 5.41) is 11.9. The van der Waals surface area contributed by atoms with Crippen LogP contribution in [-0.4, -0.2) is 24.2 Å². The van der Waals surface area contributed by atoms with Gasteiger partial charge in [0.05, 0.1) is 5.92 Å². The van der Waals surface area contributed by atoms with Gasteiger partial charge in [-0.3, -0.25) is 4.79 Å². The minimum Gasteiger partial charge on any atom is -0.481 e. The molecule has 0 spiro atoms. The third-order valence-corrected chi connectivity index (χ3v) is 1.83. The lowest BCUT2D eigenvalue weighted by molar-refractivity contribution is -0.141. The summed E-state index contributed by atoms with van der Waals surface area (Å²) < 4.78 is 0. The van der Waals surface area contributed by atoms with Crippen molar-refractivity contribution in [1.29, 1.82) is 0 Å². The summed E-state index contributed by atoms with van der Waals surface area (Å²) in [5.74, 6) is -0.954. The first kappa shape index (κ1) is 12.4. The second-order valence-corrected chi connectivity index (χ2v) is 4.77. The number of hydrogen-bond donors (Lipinski definition) is 2. The average molecular weight is 187 g/mol. The molecule has 0 heterocycles. The van der Waals surface area contributed by atoms with Crippen LogP contribution in [0.1, 0.15) is 34.1 Å². The van der Waals surface area contributed by atoms with Gasteiger partial charge in [-0.1, -0.05) is 27.7 Å². The van der Waals surface area contributed by atoms with Crippen LogP contribution in [0.2, 0.25) is 0 Å². The van der Waals surface area contributed by atoms with Crippen molar-refractivity contribution >= 4 is 5.97 Å². The summed E-state index contributed by atoms with van der Waals surface area (Å²) in [6, 6.07) is 0. The number of nitrogens with one attached hydrogen (secondary N) is 1. The third-order valence-electron chi connectivity index (χ3n) is 1.83. The first-order valence-electron chi connectivity index (χ1n) is 4.76. The van der Waals surface area contributed by atoms with E-state index in [9.17, 15) is 4.79 Å². The maximum atomic E-state index is 10.5. The SMILES string of the molecule is CC(CCNCC(C)(C)C)C(=O)O. The molecule has 1 atom stereocenters. The molecule has 0 fully saturated rings. The molecule has 0 aromatic rings. The number of rotatable bonds is 5. The lowest BCUT2D eigenvalue weighted by Gasteiger charge is -2.19. The number of carboxylic acids is 1. The first-order chi connectivity index (χ1) is 5.83. The molecule has 0 saturated carbocycles. The molecule has 0 amide bonds. The van der Waals surface area contributed by atoms with Crippen molar-refractivity contribution in [3.05, 3.63) is 0 Å². The van der Waals surface area contributed by atoms with Gasteiger partial charge in [-0.15, -0.1) is 0 Å². The smallest absolute Gasteiger partial charge is 0.306 e. The first-order valence-corrected chi connectivity index (χ1v) is 4.76. The van der Waals surface area contributed by atoms with Gasteiger partial charge in [0.1, 0.15) is 0 Å². The molecular formula is C10H21NO2. The van der Waals surface area contributed by atoms with Crippen LogP contribution < -0.4 is 5.32 Å². The molecule has 3 nitrogen and oxygen atoms in total. The molecule has 1 unspecified atom stereocenters. The maximum absolute atomic E-state index is 10.5. The predicted molar refractivity (Wildman–Crippen MR) is 53.7 cm³/mol. The number of carboxylic acid groups (broad SMARTS) is 1. The van der Waals surface area contributed by atoms with Crippen LogP contribution in [0.5, 0.6) is 0 Å². The van der Waals surface area contributed by atoms with E-state index >= 15 is 0 Å². The van der Waals surface area contributed by atoms with E-state index in [4.69, 9.17) is 5.11 Å². The van der Waals surface area contributed by atoms with E-state index in [2.05, 4.69) is 26.1 Å². The highest BCUT2D eigenvalue weighted by atomic mass is 16.4. The number of aliphatic carboxylic acids is 1. The normalized spacial score (nSPS) is 14.2. The van der Waals surface area contributed by atoms with E-state index in [-0.39, 0.29) is 11.3 Å². The third kappa shape index (κ3) is 7.78. The van der Waals surface area contributed by atoms with Crippen LogP contribution in [0, 0.1) is 11.3 Å². The lowest BCUT2D eigenvalue weighted by atomic mass is 9.97. The minimum atomic E-state index is -0.711. The summed E-state index contributed by atoms with van der Waals surface area (Å²) >= 11 is 0. The molecule has 78 valence electrons. The Bertz CT molecular complexity index is 161. The van der Waals surface area contributed by atoms with Gasteiger partial charge in [0, 0.05) is 0 Å². The van der Waals surface area contributed by atoms with Crippen molar-refractivity contribution in [2.75, 3.05) is 13.1 Å². The summed E-state index contributed by atoms with van der Waals surface area (Å²) in [4.78, 5) is 10.5. The molecule has 0 radical (unpaired) electrons.